The summed E-state index contributed by atoms with van der Waals surface area (Å²) in [5.74, 6) is 0.936. The van der Waals surface area contributed by atoms with Crippen molar-refractivity contribution in [2.45, 2.75) is 18.8 Å². The highest BCUT2D eigenvalue weighted by atomic mass is 35.5. The summed E-state index contributed by atoms with van der Waals surface area (Å²) < 4.78 is 2.21. The van der Waals surface area contributed by atoms with Crippen molar-refractivity contribution in [1.82, 2.24) is 9.55 Å². The van der Waals surface area contributed by atoms with E-state index in [0.717, 1.165) is 23.4 Å². The minimum atomic E-state index is -0.0858. The molecule has 1 unspecified atom stereocenters. The molecule has 0 aliphatic carbocycles. The summed E-state index contributed by atoms with van der Waals surface area (Å²) in [5, 5.41) is 2.01. The van der Waals surface area contributed by atoms with Crippen molar-refractivity contribution >= 4 is 34.0 Å². The van der Waals surface area contributed by atoms with E-state index in [9.17, 15) is 0 Å². The lowest BCUT2D eigenvalue weighted by atomic mass is 10.3. The van der Waals surface area contributed by atoms with E-state index in [4.69, 9.17) is 11.6 Å². The third-order valence-corrected chi connectivity index (χ3v) is 3.99. The summed E-state index contributed by atoms with van der Waals surface area (Å²) in [4.78, 5) is 5.94. The second kappa shape index (κ2) is 4.75. The van der Waals surface area contributed by atoms with Crippen LogP contribution in [0, 0.1) is 0 Å². The highest BCUT2D eigenvalue weighted by molar-refractivity contribution is 7.09. The quantitative estimate of drug-likeness (QED) is 0.647. The monoisotopic (exact) mass is 276 g/mol. The van der Waals surface area contributed by atoms with Crippen molar-refractivity contribution in [2.24, 2.45) is 0 Å². The number of hydrogen-bond donors (Lipinski definition) is 0. The van der Waals surface area contributed by atoms with Crippen LogP contribution in [0.5, 0.6) is 0 Å². The largest absolute Gasteiger partial charge is 0.321 e. The molecule has 0 bridgehead atoms. The van der Waals surface area contributed by atoms with Gasteiger partial charge in [-0.15, -0.1) is 22.9 Å². The van der Waals surface area contributed by atoms with E-state index in [1.54, 1.807) is 11.3 Å². The first kappa shape index (κ1) is 11.8. The molecule has 2 heterocycles. The van der Waals surface area contributed by atoms with Crippen LogP contribution >= 0.6 is 22.9 Å². The van der Waals surface area contributed by atoms with Crippen molar-refractivity contribution in [3.63, 3.8) is 0 Å². The Morgan fingerprint density at radius 3 is 2.83 bits per heavy atom. The number of imidazole rings is 1. The van der Waals surface area contributed by atoms with Crippen LogP contribution in [0.25, 0.3) is 11.0 Å². The first-order valence-corrected chi connectivity index (χ1v) is 7.19. The highest BCUT2D eigenvalue weighted by Crippen LogP contribution is 2.26. The summed E-state index contributed by atoms with van der Waals surface area (Å²) in [5.41, 5.74) is 2.16. The Labute approximate surface area is 115 Å². The minimum absolute atomic E-state index is 0.0858. The van der Waals surface area contributed by atoms with Gasteiger partial charge in [0.2, 0.25) is 0 Å². The van der Waals surface area contributed by atoms with Gasteiger partial charge in [-0.25, -0.2) is 4.98 Å². The molecule has 0 radical (unpaired) electrons. The van der Waals surface area contributed by atoms with Gasteiger partial charge in [0, 0.05) is 4.88 Å². The van der Waals surface area contributed by atoms with Crippen molar-refractivity contribution < 1.29 is 0 Å². The number of para-hydroxylation sites is 2. The molecule has 1 aromatic carbocycles. The Balaban J connectivity index is 2.15. The maximum absolute atomic E-state index is 6.24. The Kier molecular flexibility index (Phi) is 3.10. The van der Waals surface area contributed by atoms with Gasteiger partial charge in [-0.2, -0.15) is 0 Å². The molecule has 2 aromatic heterocycles. The lowest BCUT2D eigenvalue weighted by Gasteiger charge is -2.09. The topological polar surface area (TPSA) is 17.8 Å². The molecular weight excluding hydrogens is 264 g/mol. The van der Waals surface area contributed by atoms with E-state index in [1.807, 2.05) is 25.1 Å². The first-order chi connectivity index (χ1) is 8.75. The van der Waals surface area contributed by atoms with Gasteiger partial charge in [0.1, 0.15) is 5.82 Å². The van der Waals surface area contributed by atoms with Crippen LogP contribution < -0.4 is 0 Å². The molecule has 0 spiro atoms. The summed E-state index contributed by atoms with van der Waals surface area (Å²) in [6.07, 6.45) is 0. The fourth-order valence-electron chi connectivity index (χ4n) is 2.12. The van der Waals surface area contributed by atoms with Gasteiger partial charge < -0.3 is 4.57 Å². The molecule has 2 nitrogen and oxygen atoms in total. The molecule has 3 aromatic rings. The number of thiophene rings is 1. The van der Waals surface area contributed by atoms with Gasteiger partial charge in [-0.05, 0) is 30.5 Å². The van der Waals surface area contributed by atoms with E-state index in [1.165, 1.54) is 4.88 Å². The van der Waals surface area contributed by atoms with Crippen LogP contribution in [0.2, 0.25) is 0 Å². The van der Waals surface area contributed by atoms with E-state index in [-0.39, 0.29) is 5.38 Å². The Morgan fingerprint density at radius 1 is 1.28 bits per heavy atom. The van der Waals surface area contributed by atoms with Crippen LogP contribution in [0.4, 0.5) is 0 Å². The summed E-state index contributed by atoms with van der Waals surface area (Å²) in [6.45, 7) is 2.80. The van der Waals surface area contributed by atoms with E-state index in [0.29, 0.717) is 0 Å². The average Bonchev–Trinajstić information content (AvgIpc) is 2.98. The van der Waals surface area contributed by atoms with Crippen molar-refractivity contribution in [2.75, 3.05) is 0 Å². The molecule has 0 fully saturated rings. The van der Waals surface area contributed by atoms with Crippen LogP contribution in [-0.2, 0) is 6.54 Å². The maximum atomic E-state index is 6.24. The van der Waals surface area contributed by atoms with Gasteiger partial charge in [0.25, 0.3) is 0 Å². The molecule has 0 amide bonds. The van der Waals surface area contributed by atoms with Gasteiger partial charge in [0.05, 0.1) is 23.0 Å². The minimum Gasteiger partial charge on any atom is -0.321 e. The Morgan fingerprint density at radius 2 is 2.11 bits per heavy atom. The zero-order valence-corrected chi connectivity index (χ0v) is 11.6. The third kappa shape index (κ3) is 2.04. The van der Waals surface area contributed by atoms with Gasteiger partial charge in [0.15, 0.2) is 0 Å². The molecule has 4 heteroatoms. The number of aromatic nitrogens is 2. The molecule has 92 valence electrons. The van der Waals surface area contributed by atoms with Crippen LogP contribution in [-0.4, -0.2) is 9.55 Å². The zero-order valence-electron chi connectivity index (χ0n) is 10.0. The van der Waals surface area contributed by atoms with Crippen LogP contribution in [0.3, 0.4) is 0 Å². The normalized spacial score (nSPS) is 13.0. The molecule has 0 aliphatic rings. The second-order valence-corrected chi connectivity index (χ2v) is 5.93. The van der Waals surface area contributed by atoms with Crippen molar-refractivity contribution in [1.29, 1.82) is 0 Å². The number of benzene rings is 1. The molecule has 3 rings (SSSR count). The van der Waals surface area contributed by atoms with Gasteiger partial charge in [-0.1, -0.05) is 18.2 Å². The Hall–Kier alpha value is -1.32. The van der Waals surface area contributed by atoms with Gasteiger partial charge in [-0.3, -0.25) is 0 Å². The second-order valence-electron chi connectivity index (χ2n) is 4.24. The fraction of sp³-hybridized carbons (Fsp3) is 0.214. The zero-order chi connectivity index (χ0) is 12.5. The average molecular weight is 277 g/mol. The number of hydrogen-bond acceptors (Lipinski definition) is 2. The van der Waals surface area contributed by atoms with Crippen molar-refractivity contribution in [3.8, 4) is 0 Å². The standard InChI is InChI=1S/C14H13ClN2S/c1-10(15)14-16-12-6-2-3-7-13(12)17(14)9-11-5-4-8-18-11/h2-8,10H,9H2,1H3. The fourth-order valence-corrected chi connectivity index (χ4v) is 2.98. The van der Waals surface area contributed by atoms with Gasteiger partial charge >= 0.3 is 0 Å². The van der Waals surface area contributed by atoms with E-state index < -0.39 is 0 Å². The molecule has 18 heavy (non-hydrogen) atoms. The smallest absolute Gasteiger partial charge is 0.128 e. The predicted octanol–water partition coefficient (Wildman–Crippen LogP) is 4.45. The summed E-state index contributed by atoms with van der Waals surface area (Å²) in [7, 11) is 0. The molecule has 0 N–H and O–H groups in total. The number of alkyl halides is 1. The molecule has 1 atom stereocenters. The number of halogens is 1. The maximum Gasteiger partial charge on any atom is 0.128 e. The summed E-state index contributed by atoms with van der Waals surface area (Å²) >= 11 is 8.00. The van der Waals surface area contributed by atoms with E-state index in [2.05, 4.69) is 33.1 Å². The highest BCUT2D eigenvalue weighted by Gasteiger charge is 2.14. The predicted molar refractivity (Wildman–Crippen MR) is 77.4 cm³/mol. The number of nitrogens with zero attached hydrogens (tertiary/aromatic N) is 2. The molecule has 0 saturated carbocycles. The summed E-state index contributed by atoms with van der Waals surface area (Å²) in [6, 6.07) is 12.4. The third-order valence-electron chi connectivity index (χ3n) is 2.93. The molecular formula is C14H13ClN2S. The lowest BCUT2D eigenvalue weighted by molar-refractivity contribution is 0.750. The lowest BCUT2D eigenvalue weighted by Crippen LogP contribution is -2.04. The molecule has 0 aliphatic heterocycles. The molecule has 0 saturated heterocycles. The number of fused-ring (bicyclic) bond motifs is 1. The number of rotatable bonds is 3. The Bertz CT molecular complexity index is 656. The van der Waals surface area contributed by atoms with Crippen molar-refractivity contribution in [3.05, 3.63) is 52.5 Å². The van der Waals surface area contributed by atoms with E-state index >= 15 is 0 Å². The SMILES string of the molecule is CC(Cl)c1nc2ccccc2n1Cc1cccs1. The first-order valence-electron chi connectivity index (χ1n) is 5.87. The van der Waals surface area contributed by atoms with Crippen LogP contribution in [0.15, 0.2) is 41.8 Å². The van der Waals surface area contributed by atoms with Crippen LogP contribution in [0.1, 0.15) is 23.0 Å².